The summed E-state index contributed by atoms with van der Waals surface area (Å²) in [4.78, 5) is 40.1. The number of benzene rings is 3. The number of carbonyl (C=O) groups is 3. The number of carbonyl (C=O) groups excluding carboxylic acids is 2. The number of hydrogen-bond donors (Lipinski definition) is 2. The average Bonchev–Trinajstić information content (AvgIpc) is 2.93. The van der Waals surface area contributed by atoms with Gasteiger partial charge in [0.15, 0.2) is 17.8 Å². The molecule has 1 fully saturated rings. The molecule has 1 aliphatic rings. The Morgan fingerprint density at radius 2 is 1.71 bits per heavy atom. The quantitative estimate of drug-likeness (QED) is 0.396. The van der Waals surface area contributed by atoms with Crippen LogP contribution in [0.4, 0.5) is 8.78 Å². The fourth-order valence-electron chi connectivity index (χ4n) is 4.80. The third kappa shape index (κ3) is 7.14. The highest BCUT2D eigenvalue weighted by Crippen LogP contribution is 2.26. The molecule has 0 bridgehead atoms. The number of aliphatic carboxylic acids is 1. The molecular formula is C29H29F2N3O6S. The zero-order chi connectivity index (χ0) is 29.7. The van der Waals surface area contributed by atoms with Gasteiger partial charge in [-0.1, -0.05) is 60.2 Å². The molecule has 9 nitrogen and oxygen atoms in total. The Bertz CT molecular complexity index is 1550. The van der Waals surface area contributed by atoms with Crippen LogP contribution in [0.25, 0.3) is 0 Å². The molecule has 1 heterocycles. The zero-order valence-corrected chi connectivity index (χ0v) is 23.0. The number of amides is 2. The van der Waals surface area contributed by atoms with Gasteiger partial charge in [-0.2, -0.15) is 4.31 Å². The predicted octanol–water partition coefficient (Wildman–Crippen LogP) is 3.61. The number of hydrogen-bond acceptors (Lipinski definition) is 5. The number of aryl methyl sites for hydroxylation is 1. The van der Waals surface area contributed by atoms with Gasteiger partial charge in [0, 0.05) is 18.7 Å². The molecule has 3 aromatic rings. The van der Waals surface area contributed by atoms with Gasteiger partial charge in [-0.25, -0.2) is 17.2 Å². The van der Waals surface area contributed by atoms with E-state index >= 15 is 0 Å². The van der Waals surface area contributed by atoms with Crippen molar-refractivity contribution in [2.75, 3.05) is 13.1 Å². The number of carboxylic acids is 1. The lowest BCUT2D eigenvalue weighted by Crippen LogP contribution is -2.63. The van der Waals surface area contributed by atoms with E-state index < -0.39 is 63.8 Å². The van der Waals surface area contributed by atoms with E-state index in [-0.39, 0.29) is 25.1 Å². The van der Waals surface area contributed by atoms with Crippen LogP contribution < -0.4 is 5.32 Å². The fourth-order valence-corrected chi connectivity index (χ4v) is 6.50. The highest BCUT2D eigenvalue weighted by Gasteiger charge is 2.44. The first-order valence-electron chi connectivity index (χ1n) is 12.8. The number of carboxylic acid groups (broad SMARTS) is 1. The van der Waals surface area contributed by atoms with Crippen molar-refractivity contribution in [2.45, 2.75) is 37.7 Å². The van der Waals surface area contributed by atoms with Crippen LogP contribution >= 0.6 is 0 Å². The summed E-state index contributed by atoms with van der Waals surface area (Å²) in [6.45, 7) is 1.65. The SMILES string of the molecule is Cc1cccc(C(CC(=O)O)NC(=O)C2N(C(=O)c3ccc(F)c(F)c3)CCCN2S(=O)(=O)Cc2ccccc2)c1. The van der Waals surface area contributed by atoms with E-state index in [0.717, 1.165) is 26.9 Å². The standard InChI is InChI=1S/C29H29F2N3O6S/c1-19-7-5-10-21(15-19)25(17-26(35)36)32-27(37)28-33(29(38)22-11-12-23(30)24(31)16-22)13-6-14-34(28)41(39,40)18-20-8-3-2-4-9-20/h2-5,7-12,15-16,25,28H,6,13-14,17-18H2,1H3,(H,32,37)(H,35,36). The number of sulfonamides is 1. The van der Waals surface area contributed by atoms with E-state index in [0.29, 0.717) is 17.2 Å². The van der Waals surface area contributed by atoms with Crippen molar-refractivity contribution in [1.82, 2.24) is 14.5 Å². The molecule has 1 saturated heterocycles. The second kappa shape index (κ2) is 12.6. The fraction of sp³-hybridized carbons (Fsp3) is 0.276. The zero-order valence-electron chi connectivity index (χ0n) is 22.2. The normalized spacial score (nSPS) is 16.7. The first-order valence-corrected chi connectivity index (χ1v) is 14.5. The highest BCUT2D eigenvalue weighted by molar-refractivity contribution is 7.88. The van der Waals surface area contributed by atoms with E-state index in [1.807, 2.05) is 0 Å². The molecule has 0 spiro atoms. The summed E-state index contributed by atoms with van der Waals surface area (Å²) in [7, 11) is -4.20. The maximum Gasteiger partial charge on any atom is 0.305 e. The van der Waals surface area contributed by atoms with Gasteiger partial charge in [-0.15, -0.1) is 0 Å². The van der Waals surface area contributed by atoms with Gasteiger partial charge in [0.25, 0.3) is 11.8 Å². The Morgan fingerprint density at radius 3 is 2.37 bits per heavy atom. The van der Waals surface area contributed by atoms with Crippen molar-refractivity contribution in [3.63, 3.8) is 0 Å². The Morgan fingerprint density at radius 1 is 0.976 bits per heavy atom. The molecule has 0 saturated carbocycles. The number of rotatable bonds is 9. The van der Waals surface area contributed by atoms with Crippen LogP contribution in [0.2, 0.25) is 0 Å². The van der Waals surface area contributed by atoms with E-state index in [1.165, 1.54) is 0 Å². The first kappa shape index (κ1) is 29.8. The van der Waals surface area contributed by atoms with Gasteiger partial charge >= 0.3 is 5.97 Å². The molecule has 0 aliphatic carbocycles. The molecule has 0 aromatic heterocycles. The summed E-state index contributed by atoms with van der Waals surface area (Å²) in [6, 6.07) is 16.6. The summed E-state index contributed by atoms with van der Waals surface area (Å²) in [6.07, 6.45) is -2.04. The maximum absolute atomic E-state index is 14.0. The van der Waals surface area contributed by atoms with Crippen molar-refractivity contribution in [3.8, 4) is 0 Å². The van der Waals surface area contributed by atoms with Crippen LogP contribution in [0.3, 0.4) is 0 Å². The molecule has 3 aromatic carbocycles. The minimum absolute atomic E-state index is 0.0543. The largest absolute Gasteiger partial charge is 0.481 e. The minimum Gasteiger partial charge on any atom is -0.481 e. The van der Waals surface area contributed by atoms with E-state index in [2.05, 4.69) is 5.32 Å². The summed E-state index contributed by atoms with van der Waals surface area (Å²) in [5, 5.41) is 12.2. The molecule has 2 unspecified atom stereocenters. The highest BCUT2D eigenvalue weighted by atomic mass is 32.2. The van der Waals surface area contributed by atoms with Gasteiger partial charge in [0.05, 0.1) is 18.2 Å². The Labute approximate surface area is 236 Å². The second-order valence-electron chi connectivity index (χ2n) is 9.78. The first-order chi connectivity index (χ1) is 19.5. The molecule has 216 valence electrons. The van der Waals surface area contributed by atoms with Crippen molar-refractivity contribution in [1.29, 1.82) is 0 Å². The minimum atomic E-state index is -4.20. The molecule has 2 atom stereocenters. The molecule has 2 N–H and O–H groups in total. The molecule has 1 aliphatic heterocycles. The Balaban J connectivity index is 1.74. The van der Waals surface area contributed by atoms with Crippen LogP contribution in [-0.2, 0) is 25.4 Å². The third-order valence-corrected chi connectivity index (χ3v) is 8.49. The lowest BCUT2D eigenvalue weighted by molar-refractivity contribution is -0.138. The van der Waals surface area contributed by atoms with Crippen LogP contribution in [0.5, 0.6) is 0 Å². The molecule has 12 heteroatoms. The van der Waals surface area contributed by atoms with Crippen molar-refractivity contribution in [2.24, 2.45) is 0 Å². The third-order valence-electron chi connectivity index (χ3n) is 6.70. The van der Waals surface area contributed by atoms with E-state index in [4.69, 9.17) is 0 Å². The van der Waals surface area contributed by atoms with Gasteiger partial charge < -0.3 is 15.3 Å². The Hall–Kier alpha value is -4.16. The maximum atomic E-state index is 14.0. The summed E-state index contributed by atoms with van der Waals surface area (Å²) in [5.41, 5.74) is 1.48. The number of nitrogens with one attached hydrogen (secondary N) is 1. The van der Waals surface area contributed by atoms with Gasteiger partial charge in [-0.3, -0.25) is 14.4 Å². The lowest BCUT2D eigenvalue weighted by atomic mass is 10.0. The van der Waals surface area contributed by atoms with E-state index in [9.17, 15) is 36.7 Å². The molecule has 41 heavy (non-hydrogen) atoms. The number of halogens is 2. The smallest absolute Gasteiger partial charge is 0.305 e. The molecule has 0 radical (unpaired) electrons. The molecular weight excluding hydrogens is 556 g/mol. The van der Waals surface area contributed by atoms with Gasteiger partial charge in [-0.05, 0) is 42.7 Å². The lowest BCUT2D eigenvalue weighted by Gasteiger charge is -2.42. The molecule has 2 amide bonds. The monoisotopic (exact) mass is 585 g/mol. The summed E-state index contributed by atoms with van der Waals surface area (Å²) >= 11 is 0. The van der Waals surface area contributed by atoms with Crippen LogP contribution in [-0.4, -0.2) is 59.8 Å². The van der Waals surface area contributed by atoms with Gasteiger partial charge in [0.1, 0.15) is 0 Å². The topological polar surface area (TPSA) is 124 Å². The Kier molecular flexibility index (Phi) is 9.14. The van der Waals surface area contributed by atoms with Crippen LogP contribution in [0, 0.1) is 18.6 Å². The van der Waals surface area contributed by atoms with Crippen LogP contribution in [0.1, 0.15) is 45.9 Å². The predicted molar refractivity (Wildman–Crippen MR) is 146 cm³/mol. The second-order valence-corrected chi connectivity index (χ2v) is 11.7. The van der Waals surface area contributed by atoms with Crippen molar-refractivity contribution in [3.05, 3.63) is 107 Å². The average molecular weight is 586 g/mol. The summed E-state index contributed by atoms with van der Waals surface area (Å²) < 4.78 is 55.8. The van der Waals surface area contributed by atoms with Crippen LogP contribution in [0.15, 0.2) is 72.8 Å². The van der Waals surface area contributed by atoms with Crippen molar-refractivity contribution < 1.29 is 36.7 Å². The van der Waals surface area contributed by atoms with E-state index in [1.54, 1.807) is 61.5 Å². The van der Waals surface area contributed by atoms with Gasteiger partial charge in [0.2, 0.25) is 10.0 Å². The summed E-state index contributed by atoms with van der Waals surface area (Å²) in [5.74, 6) is -5.91. The molecule has 4 rings (SSSR count). The number of nitrogens with zero attached hydrogens (tertiary/aromatic N) is 2. The van der Waals surface area contributed by atoms with Crippen molar-refractivity contribution >= 4 is 27.8 Å².